The number of amides is 1. The number of nitrogens with zero attached hydrogens (tertiary/aromatic N) is 3. The Morgan fingerprint density at radius 2 is 2.20 bits per heavy atom. The first kappa shape index (κ1) is 10.2. The van der Waals surface area contributed by atoms with E-state index in [9.17, 15) is 9.90 Å². The molecule has 0 bridgehead atoms. The van der Waals surface area contributed by atoms with Crippen molar-refractivity contribution in [1.29, 1.82) is 0 Å². The summed E-state index contributed by atoms with van der Waals surface area (Å²) < 4.78 is 1.72. The van der Waals surface area contributed by atoms with E-state index in [0.29, 0.717) is 31.6 Å². The fraction of sp³-hybridized carbons (Fsp3) is 0.600. The summed E-state index contributed by atoms with van der Waals surface area (Å²) >= 11 is 0. The van der Waals surface area contributed by atoms with Crippen LogP contribution < -0.4 is 0 Å². The van der Waals surface area contributed by atoms with Crippen molar-refractivity contribution in [3.8, 4) is 0 Å². The number of carbonyl (C=O) groups excluding carboxylic acids is 1. The number of carbonyl (C=O) groups is 1. The molecule has 1 aliphatic rings. The van der Waals surface area contributed by atoms with Crippen LogP contribution in [0.1, 0.15) is 23.3 Å². The summed E-state index contributed by atoms with van der Waals surface area (Å²) in [6.07, 6.45) is 4.28. The third kappa shape index (κ3) is 2.02. The zero-order valence-corrected chi connectivity index (χ0v) is 8.76. The van der Waals surface area contributed by atoms with Crippen molar-refractivity contribution >= 4 is 5.91 Å². The molecule has 1 fully saturated rings. The van der Waals surface area contributed by atoms with Gasteiger partial charge in [0, 0.05) is 20.1 Å². The van der Waals surface area contributed by atoms with Gasteiger partial charge in [-0.25, -0.2) is 4.98 Å². The van der Waals surface area contributed by atoms with Crippen LogP contribution in [0.2, 0.25) is 0 Å². The van der Waals surface area contributed by atoms with Crippen LogP contribution >= 0.6 is 0 Å². The number of piperidine rings is 1. The molecule has 2 rings (SSSR count). The van der Waals surface area contributed by atoms with E-state index in [2.05, 4.69) is 4.98 Å². The number of hydrogen-bond acceptors (Lipinski definition) is 3. The molecule has 5 heteroatoms. The molecule has 15 heavy (non-hydrogen) atoms. The van der Waals surface area contributed by atoms with Gasteiger partial charge >= 0.3 is 0 Å². The highest BCUT2D eigenvalue weighted by atomic mass is 16.3. The molecule has 5 nitrogen and oxygen atoms in total. The van der Waals surface area contributed by atoms with Gasteiger partial charge in [-0.3, -0.25) is 4.79 Å². The lowest BCUT2D eigenvalue weighted by Gasteiger charge is -2.29. The van der Waals surface area contributed by atoms with E-state index in [1.165, 1.54) is 0 Å². The summed E-state index contributed by atoms with van der Waals surface area (Å²) in [6.45, 7) is 1.26. The average Bonchev–Trinajstić information content (AvgIpc) is 2.65. The summed E-state index contributed by atoms with van der Waals surface area (Å²) in [5.41, 5.74) is 0.603. The molecule has 1 aromatic rings. The third-order valence-electron chi connectivity index (χ3n) is 2.79. The fourth-order valence-electron chi connectivity index (χ4n) is 1.79. The molecule has 1 aliphatic heterocycles. The normalized spacial score (nSPS) is 18.1. The number of likely N-dealkylation sites (tertiary alicyclic amines) is 1. The Morgan fingerprint density at radius 1 is 1.53 bits per heavy atom. The minimum absolute atomic E-state index is 0.00176. The molecule has 0 saturated carbocycles. The van der Waals surface area contributed by atoms with Crippen LogP contribution in [0.5, 0.6) is 0 Å². The lowest BCUT2D eigenvalue weighted by molar-refractivity contribution is 0.0538. The van der Waals surface area contributed by atoms with E-state index in [1.807, 2.05) is 0 Å². The first-order valence-electron chi connectivity index (χ1n) is 5.12. The number of hydrogen-bond donors (Lipinski definition) is 1. The Balaban J connectivity index is 2.06. The fourth-order valence-corrected chi connectivity index (χ4v) is 1.79. The van der Waals surface area contributed by atoms with Gasteiger partial charge in [0.05, 0.1) is 18.6 Å². The van der Waals surface area contributed by atoms with Crippen LogP contribution in [0.4, 0.5) is 0 Å². The highest BCUT2D eigenvalue weighted by Gasteiger charge is 2.23. The maximum absolute atomic E-state index is 12.0. The Kier molecular flexibility index (Phi) is 2.73. The Hall–Kier alpha value is -1.36. The van der Waals surface area contributed by atoms with Gasteiger partial charge in [0.2, 0.25) is 0 Å². The van der Waals surface area contributed by atoms with Gasteiger partial charge in [-0.05, 0) is 12.8 Å². The average molecular weight is 209 g/mol. The Labute approximate surface area is 88.3 Å². The van der Waals surface area contributed by atoms with Crippen molar-refractivity contribution in [2.24, 2.45) is 7.05 Å². The van der Waals surface area contributed by atoms with Crippen molar-refractivity contribution in [1.82, 2.24) is 14.5 Å². The zero-order chi connectivity index (χ0) is 10.8. The number of aromatic nitrogens is 2. The van der Waals surface area contributed by atoms with Gasteiger partial charge in [-0.2, -0.15) is 0 Å². The molecule has 0 aromatic carbocycles. The van der Waals surface area contributed by atoms with E-state index < -0.39 is 0 Å². The van der Waals surface area contributed by atoms with Crippen LogP contribution in [-0.4, -0.2) is 44.7 Å². The second-order valence-electron chi connectivity index (χ2n) is 3.91. The van der Waals surface area contributed by atoms with Gasteiger partial charge in [-0.15, -0.1) is 0 Å². The third-order valence-corrected chi connectivity index (χ3v) is 2.79. The van der Waals surface area contributed by atoms with E-state index >= 15 is 0 Å². The summed E-state index contributed by atoms with van der Waals surface area (Å²) in [5.74, 6) is 0.00176. The van der Waals surface area contributed by atoms with Gasteiger partial charge in [-0.1, -0.05) is 0 Å². The van der Waals surface area contributed by atoms with Crippen molar-refractivity contribution in [2.75, 3.05) is 13.1 Å². The van der Waals surface area contributed by atoms with E-state index in [-0.39, 0.29) is 12.0 Å². The summed E-state index contributed by atoms with van der Waals surface area (Å²) in [7, 11) is 1.80. The first-order valence-corrected chi connectivity index (χ1v) is 5.12. The van der Waals surface area contributed by atoms with Crippen molar-refractivity contribution < 1.29 is 9.90 Å². The Bertz CT molecular complexity index is 353. The molecular weight excluding hydrogens is 194 g/mol. The van der Waals surface area contributed by atoms with Crippen molar-refractivity contribution in [3.05, 3.63) is 18.2 Å². The summed E-state index contributed by atoms with van der Waals surface area (Å²) in [5, 5.41) is 9.34. The molecule has 0 atom stereocenters. The zero-order valence-electron chi connectivity index (χ0n) is 8.76. The minimum Gasteiger partial charge on any atom is -0.393 e. The van der Waals surface area contributed by atoms with E-state index in [1.54, 1.807) is 29.0 Å². The number of aryl methyl sites for hydroxylation is 1. The Morgan fingerprint density at radius 3 is 2.73 bits per heavy atom. The number of aliphatic hydroxyl groups excluding tert-OH is 1. The van der Waals surface area contributed by atoms with E-state index in [4.69, 9.17) is 0 Å². The maximum atomic E-state index is 12.0. The molecule has 1 amide bonds. The number of imidazole rings is 1. The molecule has 0 radical (unpaired) electrons. The van der Waals surface area contributed by atoms with Crippen LogP contribution in [-0.2, 0) is 7.05 Å². The quantitative estimate of drug-likeness (QED) is 0.709. The largest absolute Gasteiger partial charge is 0.393 e. The topological polar surface area (TPSA) is 58.4 Å². The second-order valence-corrected chi connectivity index (χ2v) is 3.91. The molecule has 2 heterocycles. The van der Waals surface area contributed by atoms with E-state index in [0.717, 1.165) is 0 Å². The second kappa shape index (κ2) is 4.02. The summed E-state index contributed by atoms with van der Waals surface area (Å²) in [6, 6.07) is 0. The van der Waals surface area contributed by atoms with Gasteiger partial charge in [0.25, 0.3) is 5.91 Å². The van der Waals surface area contributed by atoms with Crippen LogP contribution in [0.3, 0.4) is 0 Å². The SMILES string of the molecule is Cn1cncc1C(=O)N1CCC(O)CC1. The van der Waals surface area contributed by atoms with Gasteiger partial charge < -0.3 is 14.6 Å². The molecular formula is C10H15N3O2. The molecule has 82 valence electrons. The molecule has 1 aromatic heterocycles. The smallest absolute Gasteiger partial charge is 0.272 e. The predicted octanol–water partition coefficient (Wildman–Crippen LogP) is 0.0170. The molecule has 0 spiro atoms. The maximum Gasteiger partial charge on any atom is 0.272 e. The lowest BCUT2D eigenvalue weighted by Crippen LogP contribution is -2.40. The molecule has 1 N–H and O–H groups in total. The van der Waals surface area contributed by atoms with Crippen LogP contribution in [0, 0.1) is 0 Å². The first-order chi connectivity index (χ1) is 7.18. The number of rotatable bonds is 1. The number of aliphatic hydroxyl groups is 1. The van der Waals surface area contributed by atoms with Crippen molar-refractivity contribution in [3.63, 3.8) is 0 Å². The van der Waals surface area contributed by atoms with Gasteiger partial charge in [0.1, 0.15) is 5.69 Å². The molecule has 1 saturated heterocycles. The van der Waals surface area contributed by atoms with Crippen LogP contribution in [0.25, 0.3) is 0 Å². The molecule has 0 unspecified atom stereocenters. The lowest BCUT2D eigenvalue weighted by atomic mass is 10.1. The standard InChI is InChI=1S/C10H15N3O2/c1-12-7-11-6-9(12)10(15)13-4-2-8(14)3-5-13/h6-8,14H,2-5H2,1H3. The highest BCUT2D eigenvalue weighted by Crippen LogP contribution is 2.13. The monoisotopic (exact) mass is 209 g/mol. The molecule has 0 aliphatic carbocycles. The van der Waals surface area contributed by atoms with Crippen molar-refractivity contribution in [2.45, 2.75) is 18.9 Å². The minimum atomic E-state index is -0.249. The highest BCUT2D eigenvalue weighted by molar-refractivity contribution is 5.92. The predicted molar refractivity (Wildman–Crippen MR) is 54.4 cm³/mol. The van der Waals surface area contributed by atoms with Gasteiger partial charge in [0.15, 0.2) is 0 Å². The summed E-state index contributed by atoms with van der Waals surface area (Å²) in [4.78, 5) is 17.7. The van der Waals surface area contributed by atoms with Crippen LogP contribution in [0.15, 0.2) is 12.5 Å².